The van der Waals surface area contributed by atoms with Crippen LogP contribution in [0.3, 0.4) is 0 Å². The molecule has 0 aliphatic carbocycles. The maximum atomic E-state index is 13.2. The predicted octanol–water partition coefficient (Wildman–Crippen LogP) is 4.33. The van der Waals surface area contributed by atoms with E-state index in [0.717, 1.165) is 15.6 Å². The van der Waals surface area contributed by atoms with Gasteiger partial charge in [0.25, 0.3) is 0 Å². The van der Waals surface area contributed by atoms with E-state index in [2.05, 4.69) is 15.9 Å². The van der Waals surface area contributed by atoms with Crippen molar-refractivity contribution in [1.29, 1.82) is 0 Å². The number of hydrogen-bond donors (Lipinski definition) is 2. The molecule has 0 spiro atoms. The van der Waals surface area contributed by atoms with Crippen LogP contribution < -0.4 is 5.73 Å². The SMILES string of the molecule is Cc1ccc(C(O)C(CN)c2ccc(F)cc2Cl)cc1Br. The summed E-state index contributed by atoms with van der Waals surface area (Å²) in [6.45, 7) is 2.18. The minimum atomic E-state index is -0.810. The maximum Gasteiger partial charge on any atom is 0.124 e. The first kappa shape index (κ1) is 16.4. The van der Waals surface area contributed by atoms with Gasteiger partial charge in [0, 0.05) is 22.0 Å². The average molecular weight is 373 g/mol. The quantitative estimate of drug-likeness (QED) is 0.839. The van der Waals surface area contributed by atoms with E-state index < -0.39 is 17.8 Å². The summed E-state index contributed by atoms with van der Waals surface area (Å²) in [5, 5.41) is 10.9. The molecule has 21 heavy (non-hydrogen) atoms. The van der Waals surface area contributed by atoms with Crippen LogP contribution in [0.1, 0.15) is 28.7 Å². The summed E-state index contributed by atoms with van der Waals surface area (Å²) < 4.78 is 14.1. The Labute approximate surface area is 136 Å². The van der Waals surface area contributed by atoms with Gasteiger partial charge in [0.1, 0.15) is 5.82 Å². The molecular formula is C16H16BrClFNO. The number of hydrogen-bond acceptors (Lipinski definition) is 2. The molecule has 0 saturated heterocycles. The molecule has 0 bridgehead atoms. The first-order chi connectivity index (χ1) is 9.93. The van der Waals surface area contributed by atoms with E-state index in [1.54, 1.807) is 6.07 Å². The number of aryl methyl sites for hydroxylation is 1. The summed E-state index contributed by atoms with van der Waals surface area (Å²) >= 11 is 9.52. The number of rotatable bonds is 4. The van der Waals surface area contributed by atoms with E-state index in [1.807, 2.05) is 25.1 Å². The van der Waals surface area contributed by atoms with Crippen molar-refractivity contribution in [2.24, 2.45) is 5.73 Å². The monoisotopic (exact) mass is 371 g/mol. The maximum absolute atomic E-state index is 13.2. The molecule has 2 rings (SSSR count). The van der Waals surface area contributed by atoms with Gasteiger partial charge < -0.3 is 10.8 Å². The lowest BCUT2D eigenvalue weighted by Crippen LogP contribution is -2.20. The van der Waals surface area contributed by atoms with Gasteiger partial charge in [-0.15, -0.1) is 0 Å². The average Bonchev–Trinajstić information content (AvgIpc) is 2.44. The lowest BCUT2D eigenvalue weighted by Gasteiger charge is -2.23. The van der Waals surface area contributed by atoms with E-state index in [0.29, 0.717) is 5.56 Å². The highest BCUT2D eigenvalue weighted by molar-refractivity contribution is 9.10. The van der Waals surface area contributed by atoms with Crippen LogP contribution in [-0.4, -0.2) is 11.7 Å². The molecule has 0 radical (unpaired) electrons. The predicted molar refractivity (Wildman–Crippen MR) is 87.0 cm³/mol. The summed E-state index contributed by atoms with van der Waals surface area (Å²) in [4.78, 5) is 0. The molecule has 0 saturated carbocycles. The first-order valence-corrected chi connectivity index (χ1v) is 7.70. The summed E-state index contributed by atoms with van der Waals surface area (Å²) in [6.07, 6.45) is -0.810. The number of aliphatic hydroxyl groups is 1. The van der Waals surface area contributed by atoms with Crippen molar-refractivity contribution in [1.82, 2.24) is 0 Å². The van der Waals surface area contributed by atoms with Crippen molar-refractivity contribution in [2.75, 3.05) is 6.54 Å². The molecule has 0 aliphatic rings. The smallest absolute Gasteiger partial charge is 0.124 e. The Hall–Kier alpha value is -0.940. The highest BCUT2D eigenvalue weighted by Crippen LogP contribution is 2.35. The molecule has 2 unspecified atom stereocenters. The van der Waals surface area contributed by atoms with Gasteiger partial charge in [-0.3, -0.25) is 0 Å². The third kappa shape index (κ3) is 3.64. The molecule has 0 aliphatic heterocycles. The Morgan fingerprint density at radius 3 is 2.57 bits per heavy atom. The van der Waals surface area contributed by atoms with Crippen LogP contribution in [0.25, 0.3) is 0 Å². The number of aliphatic hydroxyl groups excluding tert-OH is 1. The molecule has 0 fully saturated rings. The molecule has 5 heteroatoms. The van der Waals surface area contributed by atoms with E-state index in [9.17, 15) is 9.50 Å². The highest BCUT2D eigenvalue weighted by atomic mass is 79.9. The normalized spacial score (nSPS) is 14.0. The fraction of sp³-hybridized carbons (Fsp3) is 0.250. The molecule has 2 atom stereocenters. The van der Waals surface area contributed by atoms with Gasteiger partial charge in [-0.05, 0) is 41.8 Å². The molecule has 0 aromatic heterocycles. The number of halogens is 3. The Bertz CT molecular complexity index is 650. The van der Waals surface area contributed by atoms with E-state index >= 15 is 0 Å². The fourth-order valence-corrected chi connectivity index (χ4v) is 2.96. The Morgan fingerprint density at radius 2 is 2.00 bits per heavy atom. The molecular weight excluding hydrogens is 357 g/mol. The van der Waals surface area contributed by atoms with E-state index in [-0.39, 0.29) is 11.6 Å². The van der Waals surface area contributed by atoms with Crippen molar-refractivity contribution in [2.45, 2.75) is 18.9 Å². The van der Waals surface area contributed by atoms with Crippen LogP contribution in [-0.2, 0) is 0 Å². The van der Waals surface area contributed by atoms with Gasteiger partial charge in [-0.25, -0.2) is 4.39 Å². The minimum absolute atomic E-state index is 0.206. The molecule has 0 amide bonds. The van der Waals surface area contributed by atoms with Crippen molar-refractivity contribution < 1.29 is 9.50 Å². The third-order valence-corrected chi connectivity index (χ3v) is 4.72. The summed E-state index contributed by atoms with van der Waals surface area (Å²) in [6, 6.07) is 9.76. The Balaban J connectivity index is 2.37. The van der Waals surface area contributed by atoms with Gasteiger partial charge in [0.2, 0.25) is 0 Å². The van der Waals surface area contributed by atoms with Crippen molar-refractivity contribution in [3.8, 4) is 0 Å². The van der Waals surface area contributed by atoms with Crippen molar-refractivity contribution in [3.63, 3.8) is 0 Å². The summed E-state index contributed by atoms with van der Waals surface area (Å²) in [5.74, 6) is -0.806. The summed E-state index contributed by atoms with van der Waals surface area (Å²) in [7, 11) is 0. The second-order valence-electron chi connectivity index (χ2n) is 4.96. The lowest BCUT2D eigenvalue weighted by molar-refractivity contribution is 0.147. The van der Waals surface area contributed by atoms with Crippen LogP contribution in [0.5, 0.6) is 0 Å². The van der Waals surface area contributed by atoms with E-state index in [1.165, 1.54) is 12.1 Å². The van der Waals surface area contributed by atoms with Crippen molar-refractivity contribution in [3.05, 3.63) is 68.4 Å². The van der Waals surface area contributed by atoms with Crippen LogP contribution in [0.4, 0.5) is 4.39 Å². The van der Waals surface area contributed by atoms with Gasteiger partial charge in [-0.1, -0.05) is 45.7 Å². The molecule has 112 valence electrons. The number of benzene rings is 2. The highest BCUT2D eigenvalue weighted by Gasteiger charge is 2.24. The second kappa shape index (κ2) is 6.88. The van der Waals surface area contributed by atoms with Gasteiger partial charge in [0.05, 0.1) is 6.10 Å². The van der Waals surface area contributed by atoms with Crippen LogP contribution >= 0.6 is 27.5 Å². The molecule has 3 N–H and O–H groups in total. The first-order valence-electron chi connectivity index (χ1n) is 6.53. The third-order valence-electron chi connectivity index (χ3n) is 3.53. The minimum Gasteiger partial charge on any atom is -0.388 e. The molecule has 2 aromatic rings. The van der Waals surface area contributed by atoms with Gasteiger partial charge >= 0.3 is 0 Å². The van der Waals surface area contributed by atoms with Crippen LogP contribution in [0.2, 0.25) is 5.02 Å². The number of nitrogens with two attached hydrogens (primary N) is 1. The second-order valence-corrected chi connectivity index (χ2v) is 6.22. The zero-order chi connectivity index (χ0) is 15.6. The topological polar surface area (TPSA) is 46.2 Å². The van der Waals surface area contributed by atoms with Gasteiger partial charge in [-0.2, -0.15) is 0 Å². The largest absolute Gasteiger partial charge is 0.388 e. The van der Waals surface area contributed by atoms with Crippen LogP contribution in [0.15, 0.2) is 40.9 Å². The molecule has 2 nitrogen and oxygen atoms in total. The zero-order valence-electron chi connectivity index (χ0n) is 11.5. The zero-order valence-corrected chi connectivity index (χ0v) is 13.8. The van der Waals surface area contributed by atoms with E-state index in [4.69, 9.17) is 17.3 Å². The lowest BCUT2D eigenvalue weighted by atomic mass is 9.89. The fourth-order valence-electron chi connectivity index (χ4n) is 2.25. The van der Waals surface area contributed by atoms with Gasteiger partial charge in [0.15, 0.2) is 0 Å². The van der Waals surface area contributed by atoms with Crippen molar-refractivity contribution >= 4 is 27.5 Å². The molecule has 0 heterocycles. The Kier molecular flexibility index (Phi) is 5.38. The Morgan fingerprint density at radius 1 is 1.29 bits per heavy atom. The summed E-state index contributed by atoms with van der Waals surface area (Å²) in [5.41, 5.74) is 8.26. The standard InChI is InChI=1S/C16H16BrClFNO/c1-9-2-3-10(6-14(9)17)16(21)13(8-20)12-5-4-11(19)7-15(12)18/h2-7,13,16,21H,8,20H2,1H3. The molecule has 2 aromatic carbocycles. The van der Waals surface area contributed by atoms with Crippen LogP contribution in [0, 0.1) is 12.7 Å².